The topological polar surface area (TPSA) is 66.5 Å². The number of halogens is 1. The highest BCUT2D eigenvalue weighted by atomic mass is 35.5. The van der Waals surface area contributed by atoms with Crippen LogP contribution in [0.15, 0.2) is 47.4 Å². The normalized spacial score (nSPS) is 11.2. The highest BCUT2D eigenvalue weighted by molar-refractivity contribution is 7.98. The molecule has 2 aromatic rings. The maximum absolute atomic E-state index is 12.5. The Bertz CT molecular complexity index is 869. The second-order valence-electron chi connectivity index (χ2n) is 5.08. The van der Waals surface area contributed by atoms with Crippen LogP contribution in [0.1, 0.15) is 10.4 Å². The first-order chi connectivity index (χ1) is 11.2. The van der Waals surface area contributed by atoms with Gasteiger partial charge in [0.15, 0.2) is 0 Å². The van der Waals surface area contributed by atoms with Crippen molar-refractivity contribution in [1.82, 2.24) is 0 Å². The molecule has 0 aliphatic heterocycles. The third kappa shape index (κ3) is 4.43. The zero-order valence-corrected chi connectivity index (χ0v) is 15.8. The van der Waals surface area contributed by atoms with E-state index < -0.39 is 15.9 Å². The molecule has 0 fully saturated rings. The van der Waals surface area contributed by atoms with E-state index in [1.165, 1.54) is 19.2 Å². The molecular weight excluding hydrogens is 368 g/mol. The fourth-order valence-electron chi connectivity index (χ4n) is 1.97. The summed E-state index contributed by atoms with van der Waals surface area (Å²) in [5.74, 6) is -0.401. The van der Waals surface area contributed by atoms with Gasteiger partial charge in [-0.1, -0.05) is 17.7 Å². The van der Waals surface area contributed by atoms with E-state index in [0.29, 0.717) is 11.4 Å². The van der Waals surface area contributed by atoms with Gasteiger partial charge in [-0.2, -0.15) is 0 Å². The smallest absolute Gasteiger partial charge is 0.257 e. The van der Waals surface area contributed by atoms with E-state index in [4.69, 9.17) is 11.6 Å². The SMILES string of the molecule is CSc1cccc(NC(=O)c2cc(N(C)S(C)(=O)=O)ccc2Cl)c1. The molecule has 0 spiro atoms. The van der Waals surface area contributed by atoms with E-state index >= 15 is 0 Å². The highest BCUT2D eigenvalue weighted by Gasteiger charge is 2.17. The summed E-state index contributed by atoms with van der Waals surface area (Å²) < 4.78 is 24.4. The van der Waals surface area contributed by atoms with Gasteiger partial charge in [-0.3, -0.25) is 9.10 Å². The number of thioether (sulfide) groups is 1. The number of anilines is 2. The Morgan fingerprint density at radius 1 is 1.21 bits per heavy atom. The molecule has 0 atom stereocenters. The van der Waals surface area contributed by atoms with Gasteiger partial charge in [0.2, 0.25) is 10.0 Å². The molecule has 0 aliphatic carbocycles. The molecule has 2 rings (SSSR count). The van der Waals surface area contributed by atoms with Gasteiger partial charge < -0.3 is 5.32 Å². The van der Waals surface area contributed by atoms with Crippen LogP contribution in [0.4, 0.5) is 11.4 Å². The minimum atomic E-state index is -3.42. The number of benzene rings is 2. The van der Waals surface area contributed by atoms with Gasteiger partial charge in [-0.25, -0.2) is 8.42 Å². The van der Waals surface area contributed by atoms with Crippen LogP contribution in [0.3, 0.4) is 0 Å². The lowest BCUT2D eigenvalue weighted by Gasteiger charge is -2.18. The van der Waals surface area contributed by atoms with Gasteiger partial charge in [-0.05, 0) is 42.7 Å². The Balaban J connectivity index is 2.31. The van der Waals surface area contributed by atoms with Gasteiger partial charge >= 0.3 is 0 Å². The molecule has 8 heteroatoms. The molecule has 0 heterocycles. The number of carbonyl (C=O) groups is 1. The molecule has 2 aromatic carbocycles. The van der Waals surface area contributed by atoms with Crippen molar-refractivity contribution in [3.05, 3.63) is 53.1 Å². The van der Waals surface area contributed by atoms with Crippen LogP contribution in [-0.2, 0) is 10.0 Å². The summed E-state index contributed by atoms with van der Waals surface area (Å²) in [5.41, 5.74) is 1.22. The summed E-state index contributed by atoms with van der Waals surface area (Å²) in [6.45, 7) is 0. The quantitative estimate of drug-likeness (QED) is 0.798. The van der Waals surface area contributed by atoms with Crippen LogP contribution in [-0.4, -0.2) is 33.9 Å². The second-order valence-corrected chi connectivity index (χ2v) is 8.38. The van der Waals surface area contributed by atoms with Crippen molar-refractivity contribution in [3.63, 3.8) is 0 Å². The van der Waals surface area contributed by atoms with Crippen molar-refractivity contribution in [2.75, 3.05) is 29.2 Å². The van der Waals surface area contributed by atoms with Crippen LogP contribution in [0.25, 0.3) is 0 Å². The molecule has 5 nitrogen and oxygen atoms in total. The summed E-state index contributed by atoms with van der Waals surface area (Å²) in [6.07, 6.45) is 3.04. The monoisotopic (exact) mass is 384 g/mol. The lowest BCUT2D eigenvalue weighted by Crippen LogP contribution is -2.25. The average molecular weight is 385 g/mol. The molecule has 0 aromatic heterocycles. The van der Waals surface area contributed by atoms with Crippen LogP contribution in [0, 0.1) is 0 Å². The van der Waals surface area contributed by atoms with E-state index in [9.17, 15) is 13.2 Å². The van der Waals surface area contributed by atoms with Crippen molar-refractivity contribution in [1.29, 1.82) is 0 Å². The van der Waals surface area contributed by atoms with Gasteiger partial charge in [0, 0.05) is 17.6 Å². The number of amides is 1. The van der Waals surface area contributed by atoms with Crippen LogP contribution < -0.4 is 9.62 Å². The van der Waals surface area contributed by atoms with Crippen molar-refractivity contribution in [3.8, 4) is 0 Å². The number of hydrogen-bond donors (Lipinski definition) is 1. The molecule has 1 amide bonds. The number of nitrogens with one attached hydrogen (secondary N) is 1. The Morgan fingerprint density at radius 2 is 1.92 bits per heavy atom. The Labute approximate surface area is 151 Å². The first-order valence-electron chi connectivity index (χ1n) is 6.91. The minimum Gasteiger partial charge on any atom is -0.322 e. The lowest BCUT2D eigenvalue weighted by molar-refractivity contribution is 0.102. The zero-order valence-electron chi connectivity index (χ0n) is 13.4. The standard InChI is InChI=1S/C16H17ClN2O3S2/c1-19(24(3,21)22)12-7-8-15(17)14(10-12)16(20)18-11-5-4-6-13(9-11)23-2/h4-10H,1-3H3,(H,18,20). The Kier molecular flexibility index (Phi) is 5.79. The van der Waals surface area contributed by atoms with Crippen molar-refractivity contribution < 1.29 is 13.2 Å². The van der Waals surface area contributed by atoms with Crippen LogP contribution in [0.5, 0.6) is 0 Å². The molecule has 0 radical (unpaired) electrons. The largest absolute Gasteiger partial charge is 0.322 e. The van der Waals surface area contributed by atoms with E-state index in [2.05, 4.69) is 5.32 Å². The average Bonchev–Trinajstić information content (AvgIpc) is 2.53. The Morgan fingerprint density at radius 3 is 2.54 bits per heavy atom. The summed E-state index contributed by atoms with van der Waals surface area (Å²) in [7, 11) is -2.00. The maximum Gasteiger partial charge on any atom is 0.257 e. The van der Waals surface area contributed by atoms with Crippen molar-refractivity contribution in [2.24, 2.45) is 0 Å². The van der Waals surface area contributed by atoms with Crippen LogP contribution >= 0.6 is 23.4 Å². The second kappa shape index (κ2) is 7.46. The molecule has 0 bridgehead atoms. The Hall–Kier alpha value is -1.70. The van der Waals surface area contributed by atoms with Gasteiger partial charge in [0.1, 0.15) is 0 Å². The molecule has 24 heavy (non-hydrogen) atoms. The summed E-state index contributed by atoms with van der Waals surface area (Å²) >= 11 is 7.67. The molecule has 0 unspecified atom stereocenters. The van der Waals surface area contributed by atoms with Crippen molar-refractivity contribution >= 4 is 50.7 Å². The molecule has 128 valence electrons. The number of rotatable bonds is 5. The summed E-state index contributed by atoms with van der Waals surface area (Å²) in [6, 6.07) is 11.9. The van der Waals surface area contributed by atoms with Crippen LogP contribution in [0.2, 0.25) is 5.02 Å². The predicted octanol–water partition coefficient (Wildman–Crippen LogP) is 3.71. The predicted molar refractivity (Wildman–Crippen MR) is 101 cm³/mol. The molecule has 0 saturated heterocycles. The number of hydrogen-bond acceptors (Lipinski definition) is 4. The summed E-state index contributed by atoms with van der Waals surface area (Å²) in [5, 5.41) is 3.02. The third-order valence-corrected chi connectivity index (χ3v) is 5.64. The first kappa shape index (κ1) is 18.6. The molecule has 1 N–H and O–H groups in total. The molecule has 0 saturated carbocycles. The molecular formula is C16H17ClN2O3S2. The van der Waals surface area contributed by atoms with Gasteiger partial charge in [-0.15, -0.1) is 11.8 Å². The number of nitrogens with zero attached hydrogens (tertiary/aromatic N) is 1. The van der Waals surface area contributed by atoms with E-state index in [0.717, 1.165) is 15.5 Å². The van der Waals surface area contributed by atoms with Gasteiger partial charge in [0.05, 0.1) is 22.5 Å². The lowest BCUT2D eigenvalue weighted by atomic mass is 10.1. The zero-order chi connectivity index (χ0) is 17.9. The molecule has 0 aliphatic rings. The first-order valence-corrected chi connectivity index (χ1v) is 10.4. The van der Waals surface area contributed by atoms with E-state index in [1.54, 1.807) is 23.9 Å². The third-order valence-electron chi connectivity index (χ3n) is 3.38. The maximum atomic E-state index is 12.5. The fourth-order valence-corrected chi connectivity index (χ4v) is 3.13. The van der Waals surface area contributed by atoms with Crippen molar-refractivity contribution in [2.45, 2.75) is 4.90 Å². The number of carbonyl (C=O) groups excluding carboxylic acids is 1. The van der Waals surface area contributed by atoms with Gasteiger partial charge in [0.25, 0.3) is 5.91 Å². The summed E-state index contributed by atoms with van der Waals surface area (Å²) in [4.78, 5) is 13.5. The highest BCUT2D eigenvalue weighted by Crippen LogP contribution is 2.25. The van der Waals surface area contributed by atoms with E-state index in [1.807, 2.05) is 24.5 Å². The number of sulfonamides is 1. The fraction of sp³-hybridized carbons (Fsp3) is 0.188. The minimum absolute atomic E-state index is 0.208. The van der Waals surface area contributed by atoms with E-state index in [-0.39, 0.29) is 10.6 Å².